The number of aliphatic imine (C=N–C) groups is 1. The lowest BCUT2D eigenvalue weighted by Crippen LogP contribution is -2.24. The molecule has 0 fully saturated rings. The molecule has 0 radical (unpaired) electrons. The van der Waals surface area contributed by atoms with Crippen molar-refractivity contribution < 1.29 is 14.3 Å². The molecule has 2 amide bonds. The highest BCUT2D eigenvalue weighted by Crippen LogP contribution is 2.19. The Morgan fingerprint density at radius 2 is 1.67 bits per heavy atom. The van der Waals surface area contributed by atoms with E-state index in [-0.39, 0.29) is 18.5 Å². The number of ether oxygens (including phenoxy) is 1. The molecule has 2 rings (SSSR count). The van der Waals surface area contributed by atoms with E-state index in [0.717, 1.165) is 11.5 Å². The molecule has 27 heavy (non-hydrogen) atoms. The fraction of sp³-hybridized carbons (Fsp3) is 0.250. The van der Waals surface area contributed by atoms with Crippen LogP contribution >= 0.6 is 0 Å². The molecular weight excluding hydrogens is 344 g/mol. The standard InChI is InChI=1S/C20H24N4O3/c1-14(21-3)24(4)18-9-7-17(8-10-18)23-20(26)16-5-11-19(12-6-16)27-13-22-15(2)25/h5-12H,13H2,1-4H3,(H,22,25)(H,23,26). The van der Waals surface area contributed by atoms with Crippen LogP contribution in [0.2, 0.25) is 0 Å². The molecule has 0 heterocycles. The Bertz CT molecular complexity index is 814. The summed E-state index contributed by atoms with van der Waals surface area (Å²) in [6.07, 6.45) is 0. The van der Waals surface area contributed by atoms with Gasteiger partial charge in [-0.2, -0.15) is 0 Å². The van der Waals surface area contributed by atoms with Crippen molar-refractivity contribution in [3.63, 3.8) is 0 Å². The monoisotopic (exact) mass is 368 g/mol. The van der Waals surface area contributed by atoms with Gasteiger partial charge in [-0.3, -0.25) is 14.6 Å². The van der Waals surface area contributed by atoms with Crippen molar-refractivity contribution in [1.82, 2.24) is 5.32 Å². The van der Waals surface area contributed by atoms with Gasteiger partial charge in [0, 0.05) is 38.0 Å². The predicted molar refractivity (Wildman–Crippen MR) is 108 cm³/mol. The second kappa shape index (κ2) is 9.38. The maximum absolute atomic E-state index is 12.4. The summed E-state index contributed by atoms with van der Waals surface area (Å²) in [4.78, 5) is 29.3. The maximum atomic E-state index is 12.4. The summed E-state index contributed by atoms with van der Waals surface area (Å²) in [7, 11) is 3.68. The summed E-state index contributed by atoms with van der Waals surface area (Å²) in [6, 6.07) is 14.2. The van der Waals surface area contributed by atoms with Gasteiger partial charge in [0.25, 0.3) is 5.91 Å². The number of hydrogen-bond acceptors (Lipinski definition) is 4. The van der Waals surface area contributed by atoms with E-state index in [1.54, 1.807) is 31.3 Å². The van der Waals surface area contributed by atoms with Crippen molar-refractivity contribution in [2.24, 2.45) is 4.99 Å². The second-order valence-electron chi connectivity index (χ2n) is 5.88. The molecule has 2 N–H and O–H groups in total. The van der Waals surface area contributed by atoms with Crippen LogP contribution in [0.3, 0.4) is 0 Å². The van der Waals surface area contributed by atoms with Gasteiger partial charge >= 0.3 is 0 Å². The van der Waals surface area contributed by atoms with Crippen molar-refractivity contribution in [3.05, 3.63) is 54.1 Å². The van der Waals surface area contributed by atoms with Gasteiger partial charge < -0.3 is 20.3 Å². The predicted octanol–water partition coefficient (Wildman–Crippen LogP) is 2.90. The largest absolute Gasteiger partial charge is 0.473 e. The van der Waals surface area contributed by atoms with E-state index in [1.807, 2.05) is 43.1 Å². The summed E-state index contributed by atoms with van der Waals surface area (Å²) >= 11 is 0. The molecule has 0 aliphatic heterocycles. The van der Waals surface area contributed by atoms with E-state index < -0.39 is 0 Å². The van der Waals surface area contributed by atoms with Crippen LogP contribution in [0, 0.1) is 0 Å². The number of rotatable bonds is 6. The fourth-order valence-corrected chi connectivity index (χ4v) is 2.23. The van der Waals surface area contributed by atoms with Gasteiger partial charge in [-0.1, -0.05) is 0 Å². The molecule has 0 unspecified atom stereocenters. The zero-order chi connectivity index (χ0) is 19.8. The van der Waals surface area contributed by atoms with E-state index in [0.29, 0.717) is 17.0 Å². The number of nitrogens with one attached hydrogen (secondary N) is 2. The third-order valence-electron chi connectivity index (χ3n) is 4.00. The zero-order valence-corrected chi connectivity index (χ0v) is 15.9. The summed E-state index contributed by atoms with van der Waals surface area (Å²) in [5.41, 5.74) is 2.20. The van der Waals surface area contributed by atoms with Gasteiger partial charge in [0.15, 0.2) is 6.73 Å². The maximum Gasteiger partial charge on any atom is 0.255 e. The van der Waals surface area contributed by atoms with Gasteiger partial charge in [0.05, 0.1) is 5.84 Å². The molecule has 7 nitrogen and oxygen atoms in total. The smallest absolute Gasteiger partial charge is 0.255 e. The molecule has 0 saturated heterocycles. The molecular formula is C20H24N4O3. The van der Waals surface area contributed by atoms with Gasteiger partial charge in [-0.15, -0.1) is 0 Å². The minimum absolute atomic E-state index is 0.0872. The Morgan fingerprint density at radius 3 is 2.22 bits per heavy atom. The number of benzene rings is 2. The third kappa shape index (κ3) is 5.85. The van der Waals surface area contributed by atoms with E-state index in [9.17, 15) is 9.59 Å². The normalized spacial score (nSPS) is 10.9. The topological polar surface area (TPSA) is 83.0 Å². The van der Waals surface area contributed by atoms with Crippen molar-refractivity contribution in [1.29, 1.82) is 0 Å². The molecule has 2 aromatic carbocycles. The molecule has 0 aromatic heterocycles. The van der Waals surface area contributed by atoms with E-state index in [1.165, 1.54) is 6.92 Å². The van der Waals surface area contributed by atoms with Crippen molar-refractivity contribution in [2.75, 3.05) is 31.0 Å². The minimum Gasteiger partial charge on any atom is -0.473 e. The molecule has 0 atom stereocenters. The molecule has 0 aliphatic carbocycles. The zero-order valence-electron chi connectivity index (χ0n) is 15.9. The van der Waals surface area contributed by atoms with E-state index >= 15 is 0 Å². The van der Waals surface area contributed by atoms with E-state index in [2.05, 4.69) is 15.6 Å². The Kier molecular flexibility index (Phi) is 6.93. The SMILES string of the molecule is CN=C(C)N(C)c1ccc(NC(=O)c2ccc(OCNC(C)=O)cc2)cc1. The Labute approximate surface area is 159 Å². The molecule has 7 heteroatoms. The average molecular weight is 368 g/mol. The molecule has 0 spiro atoms. The highest BCUT2D eigenvalue weighted by atomic mass is 16.5. The van der Waals surface area contributed by atoms with E-state index in [4.69, 9.17) is 4.74 Å². The van der Waals surface area contributed by atoms with Crippen LogP contribution in [0.1, 0.15) is 24.2 Å². The highest BCUT2D eigenvalue weighted by Gasteiger charge is 2.08. The van der Waals surface area contributed by atoms with Crippen LogP contribution < -0.4 is 20.3 Å². The first-order valence-corrected chi connectivity index (χ1v) is 8.46. The van der Waals surface area contributed by atoms with Crippen LogP contribution in [0.25, 0.3) is 0 Å². The number of nitrogens with zero attached hydrogens (tertiary/aromatic N) is 2. The third-order valence-corrected chi connectivity index (χ3v) is 4.00. The van der Waals surface area contributed by atoms with Crippen LogP contribution in [0.4, 0.5) is 11.4 Å². The van der Waals surface area contributed by atoms with Crippen LogP contribution in [0.5, 0.6) is 5.75 Å². The Hall–Kier alpha value is -3.35. The fourth-order valence-electron chi connectivity index (χ4n) is 2.23. The first kappa shape index (κ1) is 20.0. The lowest BCUT2D eigenvalue weighted by atomic mass is 10.2. The number of hydrogen-bond donors (Lipinski definition) is 2. The summed E-state index contributed by atoms with van der Waals surface area (Å²) in [5.74, 6) is 1.09. The summed E-state index contributed by atoms with van der Waals surface area (Å²) in [5, 5.41) is 5.40. The van der Waals surface area contributed by atoms with Crippen molar-refractivity contribution >= 4 is 29.0 Å². The van der Waals surface area contributed by atoms with Gasteiger partial charge in [0.2, 0.25) is 5.91 Å². The van der Waals surface area contributed by atoms with Crippen molar-refractivity contribution in [3.8, 4) is 5.75 Å². The average Bonchev–Trinajstić information content (AvgIpc) is 2.67. The quantitative estimate of drug-likeness (QED) is 0.467. The number of amidine groups is 1. The Morgan fingerprint density at radius 1 is 1.04 bits per heavy atom. The van der Waals surface area contributed by atoms with Gasteiger partial charge in [0.1, 0.15) is 5.75 Å². The molecule has 2 aromatic rings. The van der Waals surface area contributed by atoms with Crippen LogP contribution in [0.15, 0.2) is 53.5 Å². The highest BCUT2D eigenvalue weighted by molar-refractivity contribution is 6.04. The minimum atomic E-state index is -0.212. The molecule has 0 bridgehead atoms. The summed E-state index contributed by atoms with van der Waals surface area (Å²) in [6.45, 7) is 3.43. The van der Waals surface area contributed by atoms with Gasteiger partial charge in [-0.25, -0.2) is 0 Å². The lowest BCUT2D eigenvalue weighted by molar-refractivity contribution is -0.119. The molecule has 0 saturated carbocycles. The number of carbonyl (C=O) groups excluding carboxylic acids is 2. The number of carbonyl (C=O) groups is 2. The van der Waals surface area contributed by atoms with Crippen LogP contribution in [-0.4, -0.2) is 38.5 Å². The number of amides is 2. The molecule has 0 aliphatic rings. The van der Waals surface area contributed by atoms with Gasteiger partial charge in [-0.05, 0) is 55.5 Å². The molecule has 142 valence electrons. The van der Waals surface area contributed by atoms with Crippen LogP contribution in [-0.2, 0) is 4.79 Å². The Balaban J connectivity index is 1.95. The summed E-state index contributed by atoms with van der Waals surface area (Å²) < 4.78 is 5.36. The number of anilines is 2. The first-order chi connectivity index (χ1) is 12.9. The second-order valence-corrected chi connectivity index (χ2v) is 5.88. The lowest BCUT2D eigenvalue weighted by Gasteiger charge is -2.18. The first-order valence-electron chi connectivity index (χ1n) is 8.46. The van der Waals surface area contributed by atoms with Crippen molar-refractivity contribution in [2.45, 2.75) is 13.8 Å².